The molecule has 0 aromatic heterocycles. The molecule has 2 aliphatic rings. The van der Waals surface area contributed by atoms with Gasteiger partial charge in [-0.1, -0.05) is 95.0 Å². The smallest absolute Gasteiger partial charge is 0.269 e. The summed E-state index contributed by atoms with van der Waals surface area (Å²) in [5.41, 5.74) is 4.11. The first-order chi connectivity index (χ1) is 27.4. The minimum absolute atomic E-state index is 0.00166. The normalized spacial score (nSPS) is 15.8. The fourth-order valence-electron chi connectivity index (χ4n) is 7.05. The summed E-state index contributed by atoms with van der Waals surface area (Å²) in [5, 5.41) is 10.6. The zero-order valence-corrected chi connectivity index (χ0v) is 35.6. The molecule has 3 aromatic rings. The van der Waals surface area contributed by atoms with Crippen LogP contribution in [0.15, 0.2) is 93.3 Å². The summed E-state index contributed by atoms with van der Waals surface area (Å²) in [6.07, 6.45) is 13.6. The molecule has 0 spiro atoms. The summed E-state index contributed by atoms with van der Waals surface area (Å²) >= 11 is 0. The predicted octanol–water partition coefficient (Wildman–Crippen LogP) is 9.12. The Hall–Kier alpha value is -4.77. The van der Waals surface area contributed by atoms with Crippen molar-refractivity contribution < 1.29 is 21.6 Å². The Morgan fingerprint density at radius 2 is 1.53 bits per heavy atom. The number of amidine groups is 2. The van der Waals surface area contributed by atoms with E-state index in [0.717, 1.165) is 34.7 Å². The van der Waals surface area contributed by atoms with Crippen LogP contribution in [0.4, 0.5) is 11.4 Å². The number of rotatable bonds is 21. The molecule has 0 fully saturated rings. The highest BCUT2D eigenvalue weighted by Crippen LogP contribution is 2.42. The Kier molecular flexibility index (Phi) is 15.3. The monoisotopic (exact) mass is 812 g/mol. The van der Waals surface area contributed by atoms with Crippen LogP contribution < -0.4 is 14.4 Å². The quantitative estimate of drug-likeness (QED) is 0.106. The molecule has 13 heteroatoms. The van der Waals surface area contributed by atoms with Crippen molar-refractivity contribution in [1.29, 1.82) is 5.26 Å². The molecule has 0 radical (unpaired) electrons. The number of fused-ring (bicyclic) bond motifs is 1. The van der Waals surface area contributed by atoms with Crippen molar-refractivity contribution >= 4 is 54.4 Å². The Morgan fingerprint density at radius 3 is 2.12 bits per heavy atom. The molecule has 0 atom stereocenters. The van der Waals surface area contributed by atoms with Crippen LogP contribution in [0.5, 0.6) is 5.75 Å². The average Bonchev–Trinajstić information content (AvgIpc) is 3.51. The fourth-order valence-corrected chi connectivity index (χ4v) is 8.92. The number of nitrogens with zero attached hydrogens (tertiary/aromatic N) is 5. The zero-order chi connectivity index (χ0) is 41.0. The SMILES string of the molecule is CCCCCCCCCCCCOc1ccc(C2=C(C)S(=O)(=O)N3C(=N2)C(C#N)=C(c2ccccc2)C3=Nc2ccc(N(CC)CCNS(C)(=O)=O)cc2C)cc1. The minimum atomic E-state index is -4.23. The van der Waals surface area contributed by atoms with Crippen LogP contribution in [0.1, 0.15) is 102 Å². The third-order valence-corrected chi connectivity index (χ3v) is 12.8. The van der Waals surface area contributed by atoms with Crippen LogP contribution in [0, 0.1) is 18.3 Å². The van der Waals surface area contributed by atoms with E-state index in [1.807, 2.05) is 85.5 Å². The molecule has 304 valence electrons. The standard InChI is InChI=1S/C44H56N6O5S2/c1-6-8-9-10-11-12-13-14-15-19-30-55-38-25-22-36(23-26-38)42-34(4)57(53,54)50-43(48-42)39(32-45)41(35-20-17-16-18-21-35)44(50)47-40-27-24-37(31-33(40)3)49(7-2)29-28-46-56(5,51)52/h16-18,20-27,31,46H,6-15,19,28-30H2,1-5H3. The minimum Gasteiger partial charge on any atom is -0.494 e. The van der Waals surface area contributed by atoms with Gasteiger partial charge in [0.1, 0.15) is 17.4 Å². The number of nitrogens with one attached hydrogen (secondary N) is 1. The van der Waals surface area contributed by atoms with Crippen LogP contribution in [-0.2, 0) is 20.0 Å². The fraction of sp³-hybridized carbons (Fsp3) is 0.432. The van der Waals surface area contributed by atoms with E-state index in [-0.39, 0.29) is 34.4 Å². The number of hydrogen-bond acceptors (Lipinski definition) is 9. The molecular weight excluding hydrogens is 757 g/mol. The number of allylic oxidation sites excluding steroid dienone is 1. The van der Waals surface area contributed by atoms with Gasteiger partial charge in [0.2, 0.25) is 10.0 Å². The second kappa shape index (κ2) is 20.1. The van der Waals surface area contributed by atoms with Crippen molar-refractivity contribution in [2.75, 3.05) is 37.4 Å². The molecule has 1 N–H and O–H groups in total. The summed E-state index contributed by atoms with van der Waals surface area (Å²) in [4.78, 5) is 11.9. The van der Waals surface area contributed by atoms with Gasteiger partial charge in [-0.25, -0.2) is 31.5 Å². The molecule has 11 nitrogen and oxygen atoms in total. The first-order valence-corrected chi connectivity index (χ1v) is 23.4. The van der Waals surface area contributed by atoms with Crippen LogP contribution in [0.2, 0.25) is 0 Å². The van der Waals surface area contributed by atoms with Gasteiger partial charge in [-0.05, 0) is 80.8 Å². The van der Waals surface area contributed by atoms with Gasteiger partial charge < -0.3 is 9.64 Å². The summed E-state index contributed by atoms with van der Waals surface area (Å²) < 4.78 is 61.9. The largest absolute Gasteiger partial charge is 0.494 e. The number of nitriles is 1. The molecule has 57 heavy (non-hydrogen) atoms. The number of hydrogen-bond donors (Lipinski definition) is 1. The van der Waals surface area contributed by atoms with E-state index in [1.54, 1.807) is 6.07 Å². The maximum absolute atomic E-state index is 14.5. The van der Waals surface area contributed by atoms with Crippen LogP contribution in [0.25, 0.3) is 11.3 Å². The number of likely N-dealkylation sites (N-methyl/N-ethyl adjacent to an activating group) is 1. The van der Waals surface area contributed by atoms with Crippen LogP contribution in [-0.4, -0.2) is 65.3 Å². The number of aryl methyl sites for hydroxylation is 1. The molecule has 5 rings (SSSR count). The molecule has 2 heterocycles. The van der Waals surface area contributed by atoms with E-state index >= 15 is 0 Å². The Labute approximate surface area is 340 Å². The van der Waals surface area contributed by atoms with E-state index in [2.05, 4.69) is 17.7 Å². The van der Waals surface area contributed by atoms with Crippen molar-refractivity contribution in [3.05, 3.63) is 100.0 Å². The van der Waals surface area contributed by atoms with Crippen LogP contribution in [0.3, 0.4) is 0 Å². The molecule has 3 aromatic carbocycles. The number of ether oxygens (including phenoxy) is 1. The lowest BCUT2D eigenvalue weighted by atomic mass is 10.0. The van der Waals surface area contributed by atoms with Crippen molar-refractivity contribution in [3.63, 3.8) is 0 Å². The first kappa shape index (κ1) is 43.4. The molecule has 0 aliphatic carbocycles. The molecule has 2 aliphatic heterocycles. The van der Waals surface area contributed by atoms with Gasteiger partial charge in [0.15, 0.2) is 11.7 Å². The van der Waals surface area contributed by atoms with E-state index in [1.165, 1.54) is 58.3 Å². The third kappa shape index (κ3) is 11.0. The van der Waals surface area contributed by atoms with E-state index < -0.39 is 20.0 Å². The average molecular weight is 813 g/mol. The van der Waals surface area contributed by atoms with E-state index in [0.29, 0.717) is 47.8 Å². The second-order valence-electron chi connectivity index (χ2n) is 14.5. The highest BCUT2D eigenvalue weighted by Gasteiger charge is 2.47. The molecule has 0 unspecified atom stereocenters. The lowest BCUT2D eigenvalue weighted by Gasteiger charge is -2.27. The van der Waals surface area contributed by atoms with Gasteiger partial charge >= 0.3 is 0 Å². The van der Waals surface area contributed by atoms with Gasteiger partial charge in [0, 0.05) is 36.5 Å². The number of aliphatic imine (C=N–C) groups is 2. The third-order valence-electron chi connectivity index (χ3n) is 10.2. The Bertz CT molecular complexity index is 2260. The molecular formula is C44H56N6O5S2. The van der Waals surface area contributed by atoms with Gasteiger partial charge in [-0.3, -0.25) is 0 Å². The van der Waals surface area contributed by atoms with Crippen molar-refractivity contribution in [2.45, 2.75) is 91.9 Å². The molecule has 0 amide bonds. The van der Waals surface area contributed by atoms with Crippen molar-refractivity contribution in [3.8, 4) is 11.8 Å². The van der Waals surface area contributed by atoms with Crippen molar-refractivity contribution in [1.82, 2.24) is 9.03 Å². The lowest BCUT2D eigenvalue weighted by molar-refractivity contribution is 0.304. The van der Waals surface area contributed by atoms with Gasteiger partial charge in [-0.2, -0.15) is 9.57 Å². The summed E-state index contributed by atoms with van der Waals surface area (Å²) in [6.45, 7) is 9.60. The number of benzene rings is 3. The predicted molar refractivity (Wildman–Crippen MR) is 233 cm³/mol. The Morgan fingerprint density at radius 1 is 0.877 bits per heavy atom. The maximum Gasteiger partial charge on any atom is 0.269 e. The lowest BCUT2D eigenvalue weighted by Crippen LogP contribution is -2.40. The number of unbranched alkanes of at least 4 members (excludes halogenated alkanes) is 9. The van der Waals surface area contributed by atoms with Gasteiger partial charge in [-0.15, -0.1) is 0 Å². The molecule has 0 bridgehead atoms. The highest BCUT2D eigenvalue weighted by atomic mass is 32.2. The summed E-state index contributed by atoms with van der Waals surface area (Å²) in [7, 11) is -7.55. The number of sulfonamides is 2. The number of anilines is 1. The van der Waals surface area contributed by atoms with Crippen LogP contribution >= 0.6 is 0 Å². The van der Waals surface area contributed by atoms with Gasteiger partial charge in [0.25, 0.3) is 10.0 Å². The molecule has 0 saturated heterocycles. The van der Waals surface area contributed by atoms with Crippen molar-refractivity contribution in [2.24, 2.45) is 9.98 Å². The zero-order valence-electron chi connectivity index (χ0n) is 33.9. The summed E-state index contributed by atoms with van der Waals surface area (Å²) in [5.74, 6) is 0.794. The summed E-state index contributed by atoms with van der Waals surface area (Å²) in [6, 6.07) is 24.3. The topological polar surface area (TPSA) is 145 Å². The highest BCUT2D eigenvalue weighted by molar-refractivity contribution is 7.94. The van der Waals surface area contributed by atoms with Gasteiger partial charge in [0.05, 0.1) is 29.2 Å². The molecule has 0 saturated carbocycles. The maximum atomic E-state index is 14.5. The van der Waals surface area contributed by atoms with E-state index in [4.69, 9.17) is 14.7 Å². The van der Waals surface area contributed by atoms with E-state index in [9.17, 15) is 22.1 Å². The first-order valence-electron chi connectivity index (χ1n) is 20.1. The second-order valence-corrected chi connectivity index (χ2v) is 18.3. The Balaban J connectivity index is 1.38.